The Morgan fingerprint density at radius 2 is 1.87 bits per heavy atom. The maximum Gasteiger partial charge on any atom is 0.220 e. The molecule has 38 heavy (non-hydrogen) atoms. The van der Waals surface area contributed by atoms with Crippen molar-refractivity contribution in [1.82, 2.24) is 14.8 Å². The average molecular weight is 618 g/mol. The van der Waals surface area contributed by atoms with Crippen molar-refractivity contribution in [2.24, 2.45) is 0 Å². The first-order chi connectivity index (χ1) is 18.2. The highest BCUT2D eigenvalue weighted by molar-refractivity contribution is 9.10. The maximum atomic E-state index is 11.7. The minimum Gasteiger partial charge on any atom is -0.493 e. The molecule has 0 amide bonds. The molecule has 0 fully saturated rings. The Balaban J connectivity index is 1.67. The van der Waals surface area contributed by atoms with E-state index < -0.39 is 5.25 Å². The van der Waals surface area contributed by atoms with Crippen molar-refractivity contribution in [3.8, 4) is 17.2 Å². The number of nitro groups is 1. The van der Waals surface area contributed by atoms with E-state index in [1.807, 2.05) is 61.7 Å². The van der Waals surface area contributed by atoms with Gasteiger partial charge in [-0.15, -0.1) is 10.2 Å². The van der Waals surface area contributed by atoms with Crippen LogP contribution >= 0.6 is 39.3 Å². The van der Waals surface area contributed by atoms with Crippen LogP contribution in [0.5, 0.6) is 11.5 Å². The van der Waals surface area contributed by atoms with Crippen LogP contribution in [0.25, 0.3) is 5.69 Å². The minimum absolute atomic E-state index is 0.236. The van der Waals surface area contributed by atoms with Gasteiger partial charge in [0.25, 0.3) is 0 Å². The summed E-state index contributed by atoms with van der Waals surface area (Å²) in [6.07, 6.45) is 0. The summed E-state index contributed by atoms with van der Waals surface area (Å²) in [5, 5.41) is 20.9. The number of rotatable bonds is 10. The molecule has 0 saturated carbocycles. The number of benzene rings is 3. The molecule has 1 heterocycles. The van der Waals surface area contributed by atoms with Crippen molar-refractivity contribution >= 4 is 39.3 Å². The number of hydrogen-bond donors (Lipinski definition) is 0. The zero-order valence-corrected chi connectivity index (χ0v) is 24.4. The van der Waals surface area contributed by atoms with Crippen LogP contribution in [0.15, 0.2) is 64.2 Å². The average Bonchev–Trinajstić information content (AvgIpc) is 3.24. The van der Waals surface area contributed by atoms with E-state index in [2.05, 4.69) is 32.2 Å². The van der Waals surface area contributed by atoms with Gasteiger partial charge in [0.2, 0.25) is 6.54 Å². The lowest BCUT2D eigenvalue weighted by Gasteiger charge is -2.18. The van der Waals surface area contributed by atoms with Crippen molar-refractivity contribution < 1.29 is 14.4 Å². The van der Waals surface area contributed by atoms with Gasteiger partial charge in [0.05, 0.1) is 11.6 Å². The molecule has 0 unspecified atom stereocenters. The van der Waals surface area contributed by atoms with Crippen LogP contribution in [-0.4, -0.2) is 33.3 Å². The van der Waals surface area contributed by atoms with Gasteiger partial charge in [-0.05, 0) is 83.7 Å². The second-order valence-electron chi connectivity index (χ2n) is 8.67. The molecule has 0 spiro atoms. The Labute approximate surface area is 238 Å². The Morgan fingerprint density at radius 3 is 2.55 bits per heavy atom. The lowest BCUT2D eigenvalue weighted by molar-refractivity contribution is -0.479. The van der Waals surface area contributed by atoms with E-state index in [0.717, 1.165) is 16.8 Å². The lowest BCUT2D eigenvalue weighted by Crippen LogP contribution is -2.12. The summed E-state index contributed by atoms with van der Waals surface area (Å²) in [6, 6.07) is 17.1. The number of halogens is 2. The minimum atomic E-state index is -0.568. The molecule has 0 aliphatic rings. The molecule has 0 aliphatic carbocycles. The third kappa shape index (κ3) is 6.31. The number of aromatic nitrogens is 3. The van der Waals surface area contributed by atoms with Crippen molar-refractivity contribution in [1.29, 1.82) is 0 Å². The van der Waals surface area contributed by atoms with Crippen LogP contribution in [0.1, 0.15) is 33.3 Å². The zero-order valence-electron chi connectivity index (χ0n) is 21.3. The van der Waals surface area contributed by atoms with E-state index in [1.165, 1.54) is 24.4 Å². The summed E-state index contributed by atoms with van der Waals surface area (Å²) >= 11 is 11.1. The summed E-state index contributed by atoms with van der Waals surface area (Å²) in [6.45, 7) is 5.87. The number of aryl methyl sites for hydroxylation is 3. The fraction of sp³-hybridized carbons (Fsp3) is 0.259. The number of thioether (sulfide) groups is 1. The molecule has 0 N–H and O–H groups in total. The summed E-state index contributed by atoms with van der Waals surface area (Å²) in [4.78, 5) is 11.4. The van der Waals surface area contributed by atoms with Gasteiger partial charge in [-0.1, -0.05) is 47.6 Å². The topological polar surface area (TPSA) is 92.3 Å². The van der Waals surface area contributed by atoms with Crippen molar-refractivity contribution in [3.05, 3.63) is 102 Å². The fourth-order valence-corrected chi connectivity index (χ4v) is 5.80. The highest BCUT2D eigenvalue weighted by Gasteiger charge is 2.26. The van der Waals surface area contributed by atoms with Crippen LogP contribution < -0.4 is 9.47 Å². The number of nitrogens with zero attached hydrogens (tertiary/aromatic N) is 4. The Hall–Kier alpha value is -3.08. The highest BCUT2D eigenvalue weighted by atomic mass is 79.9. The van der Waals surface area contributed by atoms with Gasteiger partial charge in [0.15, 0.2) is 16.7 Å². The molecule has 4 rings (SSSR count). The zero-order chi connectivity index (χ0) is 27.4. The fourth-order valence-electron chi connectivity index (χ4n) is 3.89. The van der Waals surface area contributed by atoms with Gasteiger partial charge < -0.3 is 9.47 Å². The van der Waals surface area contributed by atoms with Gasteiger partial charge >= 0.3 is 0 Å². The first-order valence-corrected chi connectivity index (χ1v) is 13.7. The molecule has 3 aromatic carbocycles. The molecular weight excluding hydrogens is 592 g/mol. The molecule has 0 aliphatic heterocycles. The van der Waals surface area contributed by atoms with Crippen LogP contribution in [0.4, 0.5) is 0 Å². The van der Waals surface area contributed by atoms with E-state index in [9.17, 15) is 10.1 Å². The van der Waals surface area contributed by atoms with Crippen LogP contribution in [0.2, 0.25) is 5.02 Å². The molecular formula is C27H26BrClN4O4S. The Morgan fingerprint density at radius 1 is 1.11 bits per heavy atom. The Bertz CT molecular complexity index is 1480. The van der Waals surface area contributed by atoms with Crippen molar-refractivity contribution in [2.75, 3.05) is 13.7 Å². The molecule has 0 radical (unpaired) electrons. The second-order valence-corrected chi connectivity index (χ2v) is 11.1. The first-order valence-electron chi connectivity index (χ1n) is 11.7. The molecule has 0 bridgehead atoms. The lowest BCUT2D eigenvalue weighted by atomic mass is 10.1. The normalized spacial score (nSPS) is 11.8. The summed E-state index contributed by atoms with van der Waals surface area (Å²) < 4.78 is 14.2. The highest BCUT2D eigenvalue weighted by Crippen LogP contribution is 2.43. The van der Waals surface area contributed by atoms with Gasteiger partial charge in [0, 0.05) is 21.2 Å². The third-order valence-corrected chi connectivity index (χ3v) is 8.20. The van der Waals surface area contributed by atoms with E-state index in [0.29, 0.717) is 37.5 Å². The maximum absolute atomic E-state index is 11.7. The second kappa shape index (κ2) is 12.2. The monoisotopic (exact) mass is 616 g/mol. The number of ether oxygens (including phenoxy) is 2. The van der Waals surface area contributed by atoms with Gasteiger partial charge in [-0.3, -0.25) is 14.7 Å². The molecule has 8 nitrogen and oxygen atoms in total. The molecule has 1 atom stereocenters. The van der Waals surface area contributed by atoms with Crippen LogP contribution in [0, 0.1) is 30.9 Å². The predicted molar refractivity (Wildman–Crippen MR) is 153 cm³/mol. The standard InChI is InChI=1S/C27H26BrClN4O4S/c1-16-9-10-21(11-17(16)2)33-18(3)30-31-27(33)38-25(14-32(34)35)20-12-22(28)26(24(13-20)36-4)37-15-19-7-5-6-8-23(19)29/h5-13,25H,14-15H2,1-4H3/t25-/m1/s1. The summed E-state index contributed by atoms with van der Waals surface area (Å²) in [5.74, 6) is 1.62. The molecule has 1 aromatic heterocycles. The first kappa shape index (κ1) is 27.9. The molecule has 0 saturated heterocycles. The SMILES string of the molecule is COc1cc([C@@H](C[N+](=O)[O-])Sc2nnc(C)n2-c2ccc(C)c(C)c2)cc(Br)c1OCc1ccccc1Cl. The third-order valence-electron chi connectivity index (χ3n) is 6.06. The van der Waals surface area contributed by atoms with E-state index in [-0.39, 0.29) is 18.1 Å². The van der Waals surface area contributed by atoms with Crippen molar-refractivity contribution in [3.63, 3.8) is 0 Å². The number of methoxy groups -OCH3 is 1. The van der Waals surface area contributed by atoms with E-state index in [1.54, 1.807) is 12.1 Å². The molecule has 11 heteroatoms. The summed E-state index contributed by atoms with van der Waals surface area (Å²) in [5.41, 5.74) is 4.73. The van der Waals surface area contributed by atoms with E-state index in [4.69, 9.17) is 21.1 Å². The number of hydrogen-bond acceptors (Lipinski definition) is 7. The van der Waals surface area contributed by atoms with Gasteiger partial charge in [-0.2, -0.15) is 0 Å². The van der Waals surface area contributed by atoms with Gasteiger partial charge in [0.1, 0.15) is 17.7 Å². The van der Waals surface area contributed by atoms with E-state index >= 15 is 0 Å². The molecule has 4 aromatic rings. The smallest absolute Gasteiger partial charge is 0.220 e. The van der Waals surface area contributed by atoms with Crippen molar-refractivity contribution in [2.45, 2.75) is 37.8 Å². The largest absolute Gasteiger partial charge is 0.493 e. The molecule has 198 valence electrons. The van der Waals surface area contributed by atoms with Crippen LogP contribution in [0.3, 0.4) is 0 Å². The van der Waals surface area contributed by atoms with Gasteiger partial charge in [-0.25, -0.2) is 0 Å². The Kier molecular flexibility index (Phi) is 8.96. The summed E-state index contributed by atoms with van der Waals surface area (Å²) in [7, 11) is 1.53. The quantitative estimate of drug-likeness (QED) is 0.105. The van der Waals surface area contributed by atoms with Crippen LogP contribution in [-0.2, 0) is 6.61 Å². The predicted octanol–water partition coefficient (Wildman–Crippen LogP) is 7.31.